The zero-order valence-electron chi connectivity index (χ0n) is 20.0. The number of amidine groups is 1. The number of nitrogens with one attached hydrogen (secondary N) is 1. The highest BCUT2D eigenvalue weighted by molar-refractivity contribution is 7.91. The van der Waals surface area contributed by atoms with E-state index in [1.807, 2.05) is 13.8 Å². The number of benzene rings is 1. The predicted octanol–water partition coefficient (Wildman–Crippen LogP) is 2.09. The fourth-order valence-corrected chi connectivity index (χ4v) is 7.11. The number of nitrogens with zero attached hydrogens (tertiary/aromatic N) is 4. The fourth-order valence-electron chi connectivity index (χ4n) is 5.69. The molecule has 5 rings (SSSR count). The second-order valence-corrected chi connectivity index (χ2v) is 11.7. The van der Waals surface area contributed by atoms with Gasteiger partial charge in [-0.15, -0.1) is 4.40 Å². The number of aryl methyl sites for hydroxylation is 3. The van der Waals surface area contributed by atoms with Crippen molar-refractivity contribution in [3.63, 3.8) is 0 Å². The van der Waals surface area contributed by atoms with Gasteiger partial charge in [0.25, 0.3) is 0 Å². The Kier molecular flexibility index (Phi) is 5.84. The van der Waals surface area contributed by atoms with Gasteiger partial charge in [0.2, 0.25) is 0 Å². The molecule has 2 heterocycles. The quantitative estimate of drug-likeness (QED) is 0.512. The van der Waals surface area contributed by atoms with Crippen LogP contribution >= 0.6 is 0 Å². The van der Waals surface area contributed by atoms with Gasteiger partial charge in [-0.1, -0.05) is 19.9 Å². The third-order valence-electron chi connectivity index (χ3n) is 7.29. The van der Waals surface area contributed by atoms with Crippen LogP contribution < -0.4 is 14.7 Å². The third-order valence-corrected chi connectivity index (χ3v) is 8.65. The van der Waals surface area contributed by atoms with Crippen LogP contribution in [0.2, 0.25) is 0 Å². The first-order valence-electron chi connectivity index (χ1n) is 12.0. The van der Waals surface area contributed by atoms with Crippen LogP contribution in [0.25, 0.3) is 0 Å². The lowest BCUT2D eigenvalue weighted by molar-refractivity contribution is -0.213. The third kappa shape index (κ3) is 4.17. The summed E-state index contributed by atoms with van der Waals surface area (Å²) in [6, 6.07) is 0.997. The molecule has 1 N–H and O–H groups in total. The predicted molar refractivity (Wildman–Crippen MR) is 129 cm³/mol. The molecule has 1 atom stereocenters. The van der Waals surface area contributed by atoms with Crippen LogP contribution in [0.3, 0.4) is 0 Å². The van der Waals surface area contributed by atoms with E-state index in [-0.39, 0.29) is 0 Å². The summed E-state index contributed by atoms with van der Waals surface area (Å²) in [5, 5.41) is 20.1. The Labute approximate surface area is 201 Å². The van der Waals surface area contributed by atoms with Crippen molar-refractivity contribution >= 4 is 27.6 Å². The Balaban J connectivity index is 1.51. The van der Waals surface area contributed by atoms with Gasteiger partial charge in [-0.2, -0.15) is 13.5 Å². The molecule has 10 heteroatoms. The molecule has 3 aliphatic rings. The summed E-state index contributed by atoms with van der Waals surface area (Å²) in [6.07, 6.45) is 9.49. The molecule has 0 amide bonds. The second-order valence-electron chi connectivity index (χ2n) is 10.2. The minimum atomic E-state index is -4.34. The molecule has 9 nitrogen and oxygen atoms in total. The van der Waals surface area contributed by atoms with Crippen LogP contribution in [0.1, 0.15) is 55.4 Å². The summed E-state index contributed by atoms with van der Waals surface area (Å²) >= 11 is 0. The minimum absolute atomic E-state index is 0.389. The van der Waals surface area contributed by atoms with Crippen molar-refractivity contribution in [3.05, 3.63) is 40.7 Å². The monoisotopic (exact) mass is 486 g/mol. The smallest absolute Gasteiger partial charge is 0.345 e. The first kappa shape index (κ1) is 23.2. The van der Waals surface area contributed by atoms with Gasteiger partial charge >= 0.3 is 10.2 Å². The number of hydrogen-bond donors (Lipinski definition) is 1. The Morgan fingerprint density at radius 1 is 1.24 bits per heavy atom. The van der Waals surface area contributed by atoms with Gasteiger partial charge in [0.05, 0.1) is 30.6 Å². The topological polar surface area (TPSA) is 112 Å². The van der Waals surface area contributed by atoms with E-state index in [4.69, 9.17) is 4.74 Å². The lowest BCUT2D eigenvalue weighted by Gasteiger charge is -2.43. The van der Waals surface area contributed by atoms with E-state index in [0.717, 1.165) is 55.3 Å². The molecule has 1 unspecified atom stereocenters. The minimum Gasteiger partial charge on any atom is -0.845 e. The van der Waals surface area contributed by atoms with Gasteiger partial charge < -0.3 is 15.2 Å². The number of anilines is 2. The van der Waals surface area contributed by atoms with Gasteiger partial charge in [0.15, 0.2) is 0 Å². The molecule has 1 aromatic heterocycles. The number of rotatable bonds is 5. The average molecular weight is 487 g/mol. The van der Waals surface area contributed by atoms with Crippen molar-refractivity contribution in [3.8, 4) is 0 Å². The summed E-state index contributed by atoms with van der Waals surface area (Å²) < 4.78 is 39.4. The van der Waals surface area contributed by atoms with Crippen molar-refractivity contribution in [2.24, 2.45) is 16.9 Å². The number of hydrogen-bond acceptors (Lipinski definition) is 5. The lowest BCUT2D eigenvalue weighted by Crippen LogP contribution is -2.53. The lowest BCUT2D eigenvalue weighted by atomic mass is 9.82. The normalized spacial score (nSPS) is 21.9. The Bertz CT molecular complexity index is 1200. The zero-order valence-corrected chi connectivity index (χ0v) is 20.8. The maximum absolute atomic E-state index is 13.6. The molecule has 2 aromatic rings. The molecule has 1 aliphatic heterocycles. The van der Waals surface area contributed by atoms with E-state index in [1.165, 1.54) is 21.6 Å². The van der Waals surface area contributed by atoms with Crippen LogP contribution in [-0.2, 0) is 47.7 Å². The fraction of sp³-hybridized carbons (Fsp3) is 0.583. The molecular formula is C24H32N5O4S-. The van der Waals surface area contributed by atoms with Crippen molar-refractivity contribution in [2.45, 2.75) is 64.8 Å². The molecule has 1 saturated heterocycles. The van der Waals surface area contributed by atoms with E-state index in [0.29, 0.717) is 25.3 Å². The molecular weight excluding hydrogens is 454 g/mol. The molecule has 1 fully saturated rings. The average Bonchev–Trinajstić information content (AvgIpc) is 3.49. The summed E-state index contributed by atoms with van der Waals surface area (Å²) in [5.41, 5.74) is 5.51. The van der Waals surface area contributed by atoms with Crippen molar-refractivity contribution in [2.75, 3.05) is 22.8 Å². The van der Waals surface area contributed by atoms with E-state index in [2.05, 4.69) is 20.9 Å². The molecule has 1 aromatic carbocycles. The molecule has 184 valence electrons. The highest BCUT2D eigenvalue weighted by Gasteiger charge is 2.43. The van der Waals surface area contributed by atoms with Crippen LogP contribution in [0.5, 0.6) is 0 Å². The van der Waals surface area contributed by atoms with Crippen LogP contribution in [-0.4, -0.2) is 43.5 Å². The maximum atomic E-state index is 13.6. The molecule has 0 saturated carbocycles. The highest BCUT2D eigenvalue weighted by Crippen LogP contribution is 2.39. The van der Waals surface area contributed by atoms with E-state index in [9.17, 15) is 13.5 Å². The summed E-state index contributed by atoms with van der Waals surface area (Å²) in [6.45, 7) is 4.78. The Morgan fingerprint density at radius 2 is 1.91 bits per heavy atom. The first-order valence-corrected chi connectivity index (χ1v) is 13.4. The van der Waals surface area contributed by atoms with Gasteiger partial charge in [0, 0.05) is 31.0 Å². The van der Waals surface area contributed by atoms with Crippen LogP contribution in [0.15, 0.2) is 22.9 Å². The van der Waals surface area contributed by atoms with Gasteiger partial charge in [-0.25, -0.2) is 4.31 Å². The molecule has 0 radical (unpaired) electrons. The standard InChI is InChI=1S/C24H33N5O4S/c1-24(2)15-33-11-10-21(24)29(18-13-25-28(3)14-18)34(31,32)27-23(30)26-22-19-8-4-6-16(19)12-17-7-5-9-20(17)22/h12-14,21H,4-11,15H2,1-3H3,(H2,26,27,30)/p-1. The SMILES string of the molecule is Cn1cc(N(C2CCOCC2(C)C)S(=O)(=O)/N=C(\[O-])Nc2c3c(cc4c2CCC4)CCC3)cn1. The number of ether oxygens (including phenoxy) is 1. The van der Waals surface area contributed by atoms with E-state index in [1.54, 1.807) is 17.9 Å². The second kappa shape index (κ2) is 8.57. The van der Waals surface area contributed by atoms with Crippen molar-refractivity contribution < 1.29 is 18.3 Å². The van der Waals surface area contributed by atoms with Gasteiger partial charge in [-0.3, -0.25) is 4.68 Å². The summed E-state index contributed by atoms with van der Waals surface area (Å²) in [7, 11) is -2.62. The Hall–Kier alpha value is -2.59. The van der Waals surface area contributed by atoms with Crippen molar-refractivity contribution in [1.29, 1.82) is 0 Å². The summed E-state index contributed by atoms with van der Waals surface area (Å²) in [4.78, 5) is 0. The Morgan fingerprint density at radius 3 is 2.50 bits per heavy atom. The van der Waals surface area contributed by atoms with Gasteiger partial charge in [-0.05, 0) is 67.2 Å². The van der Waals surface area contributed by atoms with E-state index >= 15 is 0 Å². The molecule has 34 heavy (non-hydrogen) atoms. The van der Waals surface area contributed by atoms with Gasteiger partial charge in [0.1, 0.15) is 0 Å². The van der Waals surface area contributed by atoms with E-state index < -0.39 is 27.7 Å². The number of aromatic nitrogens is 2. The molecule has 0 bridgehead atoms. The molecule has 0 spiro atoms. The van der Waals surface area contributed by atoms with Crippen molar-refractivity contribution in [1.82, 2.24) is 9.78 Å². The zero-order chi connectivity index (χ0) is 24.1. The summed E-state index contributed by atoms with van der Waals surface area (Å²) in [5.74, 6) is 0. The molecule has 2 aliphatic carbocycles. The largest absolute Gasteiger partial charge is 0.845 e. The highest BCUT2D eigenvalue weighted by atomic mass is 32.2. The van der Waals surface area contributed by atoms with Crippen LogP contribution in [0.4, 0.5) is 11.4 Å². The first-order chi connectivity index (χ1) is 16.2. The number of fused-ring (bicyclic) bond motifs is 2. The maximum Gasteiger partial charge on any atom is 0.345 e. The van der Waals surface area contributed by atoms with Crippen LogP contribution in [0, 0.1) is 5.41 Å².